The monoisotopic (exact) mass is 519 g/mol. The average molecular weight is 520 g/mol. The van der Waals surface area contributed by atoms with E-state index in [4.69, 9.17) is 27.9 Å². The van der Waals surface area contributed by atoms with Crippen LogP contribution < -0.4 is 10.0 Å². The van der Waals surface area contributed by atoms with Crippen molar-refractivity contribution in [2.45, 2.75) is 11.4 Å². The highest BCUT2D eigenvalue weighted by molar-refractivity contribution is 7.92. The summed E-state index contributed by atoms with van der Waals surface area (Å²) in [6, 6.07) is 18.0. The molecule has 10 heteroatoms. The minimum Gasteiger partial charge on any atom is -0.379 e. The van der Waals surface area contributed by atoms with E-state index in [-0.39, 0.29) is 26.5 Å². The van der Waals surface area contributed by atoms with E-state index >= 15 is 0 Å². The van der Waals surface area contributed by atoms with E-state index in [1.807, 2.05) is 12.1 Å². The van der Waals surface area contributed by atoms with Crippen molar-refractivity contribution in [2.24, 2.45) is 0 Å². The van der Waals surface area contributed by atoms with Crippen LogP contribution in [0.5, 0.6) is 0 Å². The summed E-state index contributed by atoms with van der Waals surface area (Å²) in [7, 11) is -3.88. The quantitative estimate of drug-likeness (QED) is 0.464. The van der Waals surface area contributed by atoms with E-state index in [9.17, 15) is 13.2 Å². The van der Waals surface area contributed by atoms with Crippen LogP contribution in [0.2, 0.25) is 10.0 Å². The summed E-state index contributed by atoms with van der Waals surface area (Å²) in [6.45, 7) is 4.09. The van der Waals surface area contributed by atoms with E-state index in [0.717, 1.165) is 38.4 Å². The van der Waals surface area contributed by atoms with Gasteiger partial charge in [-0.1, -0.05) is 41.4 Å². The first-order valence-electron chi connectivity index (χ1n) is 10.6. The van der Waals surface area contributed by atoms with Gasteiger partial charge < -0.3 is 10.1 Å². The minimum absolute atomic E-state index is 0.0222. The Balaban J connectivity index is 1.38. The van der Waals surface area contributed by atoms with Gasteiger partial charge in [0.05, 0.1) is 33.8 Å². The van der Waals surface area contributed by atoms with Crippen molar-refractivity contribution in [2.75, 3.05) is 36.3 Å². The number of sulfonamides is 1. The molecule has 1 aliphatic heterocycles. The molecule has 1 fully saturated rings. The molecule has 1 saturated heterocycles. The number of benzene rings is 3. The average Bonchev–Trinajstić information content (AvgIpc) is 2.83. The first-order valence-corrected chi connectivity index (χ1v) is 12.8. The molecular formula is C24H23Cl2N3O4S. The molecule has 0 atom stereocenters. The molecule has 0 spiro atoms. The Morgan fingerprint density at radius 2 is 1.62 bits per heavy atom. The van der Waals surface area contributed by atoms with Gasteiger partial charge in [-0.15, -0.1) is 0 Å². The number of anilines is 2. The molecule has 0 radical (unpaired) electrons. The fraction of sp³-hybridized carbons (Fsp3) is 0.208. The van der Waals surface area contributed by atoms with Gasteiger partial charge in [-0.2, -0.15) is 0 Å². The van der Waals surface area contributed by atoms with Gasteiger partial charge in [0.15, 0.2) is 0 Å². The van der Waals surface area contributed by atoms with Crippen molar-refractivity contribution in [1.82, 2.24) is 4.90 Å². The molecule has 34 heavy (non-hydrogen) atoms. The molecule has 0 saturated carbocycles. The molecule has 178 valence electrons. The number of hydrogen-bond acceptors (Lipinski definition) is 5. The van der Waals surface area contributed by atoms with Gasteiger partial charge in [0.25, 0.3) is 15.9 Å². The zero-order valence-corrected chi connectivity index (χ0v) is 20.5. The molecule has 0 aliphatic carbocycles. The number of halogens is 2. The summed E-state index contributed by atoms with van der Waals surface area (Å²) < 4.78 is 33.2. The Hall–Kier alpha value is -2.62. The van der Waals surface area contributed by atoms with Gasteiger partial charge in [-0.25, -0.2) is 8.42 Å². The highest BCUT2D eigenvalue weighted by Crippen LogP contribution is 2.31. The fourth-order valence-corrected chi connectivity index (χ4v) is 4.96. The number of carbonyl (C=O) groups is 1. The van der Waals surface area contributed by atoms with Gasteiger partial charge in [-0.05, 0) is 54.1 Å². The molecule has 3 aromatic carbocycles. The second kappa shape index (κ2) is 10.8. The first-order chi connectivity index (χ1) is 16.3. The van der Waals surface area contributed by atoms with Crippen LogP contribution in [0.25, 0.3) is 0 Å². The lowest BCUT2D eigenvalue weighted by Gasteiger charge is -2.26. The van der Waals surface area contributed by atoms with E-state index in [0.29, 0.717) is 11.3 Å². The number of ether oxygens (including phenoxy) is 1. The standard InChI is InChI=1S/C24H23Cl2N3O4S/c25-21-2-1-3-22(23(21)26)28-34(31,32)20-10-8-19(9-11-20)27-24(30)18-6-4-17(5-7-18)16-29-12-14-33-15-13-29/h1-11,28H,12-16H2,(H,27,30). The third-order valence-electron chi connectivity index (χ3n) is 5.34. The Labute approximate surface area is 208 Å². The SMILES string of the molecule is O=C(Nc1ccc(S(=O)(=O)Nc2cccc(Cl)c2Cl)cc1)c1ccc(CN2CCOCC2)cc1. The van der Waals surface area contributed by atoms with Crippen LogP contribution in [0.1, 0.15) is 15.9 Å². The third kappa shape index (κ3) is 6.08. The van der Waals surface area contributed by atoms with Gasteiger partial charge >= 0.3 is 0 Å². The Kier molecular flexibility index (Phi) is 7.75. The number of carbonyl (C=O) groups excluding carboxylic acids is 1. The van der Waals surface area contributed by atoms with Crippen LogP contribution in [-0.2, 0) is 21.3 Å². The lowest BCUT2D eigenvalue weighted by atomic mass is 10.1. The zero-order valence-electron chi connectivity index (χ0n) is 18.1. The minimum atomic E-state index is -3.88. The van der Waals surface area contributed by atoms with Crippen LogP contribution >= 0.6 is 23.2 Å². The van der Waals surface area contributed by atoms with E-state index in [1.165, 1.54) is 30.3 Å². The van der Waals surface area contributed by atoms with E-state index < -0.39 is 10.0 Å². The van der Waals surface area contributed by atoms with Gasteiger partial charge in [0.2, 0.25) is 0 Å². The maximum Gasteiger partial charge on any atom is 0.261 e. The molecular weight excluding hydrogens is 497 g/mol. The summed E-state index contributed by atoms with van der Waals surface area (Å²) in [5, 5.41) is 3.15. The number of rotatable bonds is 7. The van der Waals surface area contributed by atoms with E-state index in [2.05, 4.69) is 14.9 Å². The number of morpholine rings is 1. The summed E-state index contributed by atoms with van der Waals surface area (Å²) in [4.78, 5) is 14.9. The molecule has 0 aromatic heterocycles. The molecule has 0 bridgehead atoms. The number of nitrogens with zero attached hydrogens (tertiary/aromatic N) is 1. The molecule has 1 heterocycles. The van der Waals surface area contributed by atoms with Crippen molar-refractivity contribution < 1.29 is 17.9 Å². The fourth-order valence-electron chi connectivity index (χ4n) is 3.49. The van der Waals surface area contributed by atoms with Crippen LogP contribution in [0.3, 0.4) is 0 Å². The van der Waals surface area contributed by atoms with Crippen molar-refractivity contribution in [3.05, 3.63) is 87.9 Å². The molecule has 2 N–H and O–H groups in total. The molecule has 1 aliphatic rings. The first kappa shape index (κ1) is 24.5. The second-order valence-electron chi connectivity index (χ2n) is 7.77. The van der Waals surface area contributed by atoms with Crippen LogP contribution in [0.4, 0.5) is 11.4 Å². The van der Waals surface area contributed by atoms with Crippen molar-refractivity contribution in [3.8, 4) is 0 Å². The Morgan fingerprint density at radius 1 is 0.941 bits per heavy atom. The normalized spacial score (nSPS) is 14.5. The highest BCUT2D eigenvalue weighted by atomic mass is 35.5. The van der Waals surface area contributed by atoms with E-state index in [1.54, 1.807) is 24.3 Å². The highest BCUT2D eigenvalue weighted by Gasteiger charge is 2.17. The summed E-state index contributed by atoms with van der Waals surface area (Å²) >= 11 is 12.0. The van der Waals surface area contributed by atoms with Crippen LogP contribution in [0, 0.1) is 0 Å². The maximum atomic E-state index is 12.7. The molecule has 0 unspecified atom stereocenters. The summed E-state index contributed by atoms with van der Waals surface area (Å²) in [6.07, 6.45) is 0. The number of nitrogens with one attached hydrogen (secondary N) is 2. The predicted molar refractivity (Wildman–Crippen MR) is 134 cm³/mol. The molecule has 1 amide bonds. The molecule has 3 aromatic rings. The number of hydrogen-bond donors (Lipinski definition) is 2. The number of amides is 1. The summed E-state index contributed by atoms with van der Waals surface area (Å²) in [5.41, 5.74) is 2.30. The predicted octanol–water partition coefficient (Wildman–Crippen LogP) is 4.88. The second-order valence-corrected chi connectivity index (χ2v) is 10.2. The van der Waals surface area contributed by atoms with Crippen molar-refractivity contribution in [1.29, 1.82) is 0 Å². The topological polar surface area (TPSA) is 87.7 Å². The van der Waals surface area contributed by atoms with Crippen molar-refractivity contribution >= 4 is 50.5 Å². The molecule has 4 rings (SSSR count). The smallest absolute Gasteiger partial charge is 0.261 e. The van der Waals surface area contributed by atoms with Crippen molar-refractivity contribution in [3.63, 3.8) is 0 Å². The van der Waals surface area contributed by atoms with Crippen LogP contribution in [0.15, 0.2) is 71.6 Å². The molecule has 7 nitrogen and oxygen atoms in total. The van der Waals surface area contributed by atoms with Gasteiger partial charge in [0.1, 0.15) is 0 Å². The zero-order chi connectivity index (χ0) is 24.1. The Morgan fingerprint density at radius 3 is 2.29 bits per heavy atom. The van der Waals surface area contributed by atoms with Crippen LogP contribution in [-0.4, -0.2) is 45.5 Å². The maximum absolute atomic E-state index is 12.7. The lowest BCUT2D eigenvalue weighted by Crippen LogP contribution is -2.35. The van der Waals surface area contributed by atoms with Gasteiger partial charge in [-0.3, -0.25) is 14.4 Å². The Bertz CT molecular complexity index is 1260. The lowest BCUT2D eigenvalue weighted by molar-refractivity contribution is 0.0342. The third-order valence-corrected chi connectivity index (χ3v) is 7.54. The largest absolute Gasteiger partial charge is 0.379 e. The summed E-state index contributed by atoms with van der Waals surface area (Å²) in [5.74, 6) is -0.280. The van der Waals surface area contributed by atoms with Gasteiger partial charge in [0, 0.05) is 30.9 Å².